The molecule has 1 atom stereocenters. The molecule has 2 heterocycles. The summed E-state index contributed by atoms with van der Waals surface area (Å²) >= 11 is 1.37. The number of aliphatic carboxylic acids is 1. The lowest BCUT2D eigenvalue weighted by molar-refractivity contribution is -0.139. The molecule has 0 saturated carbocycles. The van der Waals surface area contributed by atoms with Crippen molar-refractivity contribution in [2.45, 2.75) is 29.4 Å². The first-order valence-electron chi connectivity index (χ1n) is 11.5. The van der Waals surface area contributed by atoms with E-state index in [-0.39, 0.29) is 6.42 Å². The van der Waals surface area contributed by atoms with Crippen molar-refractivity contribution in [2.24, 2.45) is 0 Å². The molecule has 37 heavy (non-hydrogen) atoms. The highest BCUT2D eigenvalue weighted by molar-refractivity contribution is 7.98. The third-order valence-electron chi connectivity index (χ3n) is 5.43. The van der Waals surface area contributed by atoms with Gasteiger partial charge in [0.25, 0.3) is 0 Å². The molecule has 0 aliphatic rings. The maximum absolute atomic E-state index is 12.9. The minimum atomic E-state index is -1.17. The number of carbonyl (C=O) groups is 2. The molecule has 0 aliphatic carbocycles. The van der Waals surface area contributed by atoms with E-state index in [4.69, 9.17) is 5.73 Å². The summed E-state index contributed by atoms with van der Waals surface area (Å²) < 4.78 is 0. The number of nitrogens with one attached hydrogen (secondary N) is 2. The van der Waals surface area contributed by atoms with Crippen LogP contribution >= 0.6 is 11.8 Å². The zero-order chi connectivity index (χ0) is 26.0. The van der Waals surface area contributed by atoms with Crippen LogP contribution in [-0.4, -0.2) is 38.1 Å². The summed E-state index contributed by atoms with van der Waals surface area (Å²) in [6, 6.07) is 23.8. The normalized spacial score (nSPS) is 11.6. The number of hydrogen-bond donors (Lipinski definition) is 4. The van der Waals surface area contributed by atoms with Gasteiger partial charge >= 0.3 is 12.0 Å². The minimum Gasteiger partial charge on any atom is -0.480 e. The Balaban J connectivity index is 1.42. The van der Waals surface area contributed by atoms with E-state index >= 15 is 0 Å². The Labute approximate surface area is 218 Å². The molecule has 2 aromatic carbocycles. The molecule has 0 saturated heterocycles. The number of amides is 2. The second-order valence-electron chi connectivity index (χ2n) is 8.14. The zero-order valence-corrected chi connectivity index (χ0v) is 20.6. The summed E-state index contributed by atoms with van der Waals surface area (Å²) in [6.07, 6.45) is 1.61. The van der Waals surface area contributed by atoms with Crippen molar-refractivity contribution in [3.8, 4) is 0 Å². The molecule has 10 heteroatoms. The summed E-state index contributed by atoms with van der Waals surface area (Å²) in [5.41, 5.74) is 8.73. The minimum absolute atomic E-state index is 0.0252. The number of carbonyl (C=O) groups excluding carboxylic acids is 1. The fraction of sp³-hybridized carbons (Fsp3) is 0.148. The van der Waals surface area contributed by atoms with Crippen LogP contribution in [0.1, 0.15) is 28.6 Å². The van der Waals surface area contributed by atoms with Crippen molar-refractivity contribution in [2.75, 3.05) is 5.73 Å². The van der Waals surface area contributed by atoms with Crippen LogP contribution in [0, 0.1) is 0 Å². The second kappa shape index (κ2) is 12.5. The molecule has 1 unspecified atom stereocenters. The Hall–Kier alpha value is -4.44. The first kappa shape index (κ1) is 25.6. The molecule has 188 valence electrons. The van der Waals surface area contributed by atoms with Crippen molar-refractivity contribution in [1.82, 2.24) is 25.6 Å². The van der Waals surface area contributed by atoms with E-state index in [1.54, 1.807) is 24.4 Å². The Morgan fingerprint density at radius 1 is 0.838 bits per heavy atom. The highest BCUT2D eigenvalue weighted by Crippen LogP contribution is 2.22. The van der Waals surface area contributed by atoms with Crippen LogP contribution in [0.15, 0.2) is 96.3 Å². The number of carboxylic acids is 1. The molecule has 9 nitrogen and oxygen atoms in total. The number of carboxylic acid groups (broad SMARTS) is 1. The Kier molecular flexibility index (Phi) is 8.66. The standard InChI is InChI=1S/C27H26N6O3S/c28-23-14-15-29-27(32-23)37-17-21-13-7-12-20(30-21)16-22(25(34)35)31-26(36)33-24(18-8-3-1-4-9-18)19-10-5-2-6-11-19/h1-15,22,24H,16-17H2,(H,34,35)(H2,28,29,32)(H2,31,33,36). The zero-order valence-electron chi connectivity index (χ0n) is 19.8. The second-order valence-corrected chi connectivity index (χ2v) is 9.08. The predicted molar refractivity (Wildman–Crippen MR) is 142 cm³/mol. The van der Waals surface area contributed by atoms with E-state index in [1.807, 2.05) is 66.7 Å². The molecule has 2 aromatic heterocycles. The number of nitrogens with zero attached hydrogens (tertiary/aromatic N) is 3. The summed E-state index contributed by atoms with van der Waals surface area (Å²) in [4.78, 5) is 37.8. The van der Waals surface area contributed by atoms with Gasteiger partial charge in [-0.25, -0.2) is 19.6 Å². The molecular formula is C27H26N6O3S. The van der Waals surface area contributed by atoms with Crippen molar-refractivity contribution in [3.63, 3.8) is 0 Å². The van der Waals surface area contributed by atoms with E-state index in [0.29, 0.717) is 22.4 Å². The molecule has 0 aliphatic heterocycles. The number of urea groups is 1. The van der Waals surface area contributed by atoms with Gasteiger partial charge in [0.1, 0.15) is 11.9 Å². The number of aromatic nitrogens is 3. The number of pyridine rings is 1. The third-order valence-corrected chi connectivity index (χ3v) is 6.32. The molecule has 4 aromatic rings. The fourth-order valence-electron chi connectivity index (χ4n) is 3.68. The van der Waals surface area contributed by atoms with Gasteiger partial charge in [0.05, 0.1) is 11.7 Å². The number of nitrogen functional groups attached to an aromatic ring is 1. The molecule has 0 radical (unpaired) electrons. The van der Waals surface area contributed by atoms with Crippen LogP contribution in [0.3, 0.4) is 0 Å². The molecule has 0 bridgehead atoms. The van der Waals surface area contributed by atoms with Gasteiger partial charge in [-0.15, -0.1) is 0 Å². The SMILES string of the molecule is Nc1ccnc(SCc2cccc(CC(NC(=O)NC(c3ccccc3)c3ccccc3)C(=O)O)n2)n1. The largest absolute Gasteiger partial charge is 0.480 e. The number of rotatable bonds is 10. The Bertz CT molecular complexity index is 1300. The average Bonchev–Trinajstić information content (AvgIpc) is 2.91. The predicted octanol–water partition coefficient (Wildman–Crippen LogP) is 3.83. The van der Waals surface area contributed by atoms with Crippen molar-refractivity contribution >= 4 is 29.6 Å². The van der Waals surface area contributed by atoms with E-state index in [0.717, 1.165) is 16.8 Å². The van der Waals surface area contributed by atoms with Gasteiger partial charge in [-0.1, -0.05) is 78.5 Å². The summed E-state index contributed by atoms with van der Waals surface area (Å²) in [5, 5.41) is 15.8. The quantitative estimate of drug-likeness (QED) is 0.185. The average molecular weight is 515 g/mol. The Morgan fingerprint density at radius 3 is 2.11 bits per heavy atom. The number of benzene rings is 2. The molecule has 5 N–H and O–H groups in total. The summed E-state index contributed by atoms with van der Waals surface area (Å²) in [5.74, 6) is -0.283. The lowest BCUT2D eigenvalue weighted by Crippen LogP contribution is -2.48. The maximum Gasteiger partial charge on any atom is 0.326 e. The highest BCUT2D eigenvalue weighted by atomic mass is 32.2. The summed E-state index contributed by atoms with van der Waals surface area (Å²) in [7, 11) is 0. The molecule has 0 spiro atoms. The maximum atomic E-state index is 12.9. The van der Waals surface area contributed by atoms with Gasteiger partial charge in [-0.3, -0.25) is 4.98 Å². The van der Waals surface area contributed by atoms with E-state index < -0.39 is 24.1 Å². The fourth-order valence-corrected chi connectivity index (χ4v) is 4.42. The number of thioether (sulfide) groups is 1. The van der Waals surface area contributed by atoms with Gasteiger partial charge in [0.2, 0.25) is 0 Å². The first-order valence-corrected chi connectivity index (χ1v) is 12.5. The van der Waals surface area contributed by atoms with E-state index in [9.17, 15) is 14.7 Å². The van der Waals surface area contributed by atoms with Crippen LogP contribution in [0.5, 0.6) is 0 Å². The van der Waals surface area contributed by atoms with Crippen molar-refractivity contribution < 1.29 is 14.7 Å². The lowest BCUT2D eigenvalue weighted by atomic mass is 9.99. The summed E-state index contributed by atoms with van der Waals surface area (Å²) in [6.45, 7) is 0. The molecule has 2 amide bonds. The van der Waals surface area contributed by atoms with Crippen LogP contribution in [0.25, 0.3) is 0 Å². The van der Waals surface area contributed by atoms with Crippen LogP contribution in [0.2, 0.25) is 0 Å². The first-order chi connectivity index (χ1) is 18.0. The van der Waals surface area contributed by atoms with Gasteiger partial charge in [0, 0.05) is 24.1 Å². The number of nitrogens with two attached hydrogens (primary N) is 1. The van der Waals surface area contributed by atoms with Gasteiger partial charge < -0.3 is 21.5 Å². The van der Waals surface area contributed by atoms with Gasteiger partial charge in [0.15, 0.2) is 5.16 Å². The van der Waals surface area contributed by atoms with E-state index in [2.05, 4.69) is 25.6 Å². The Morgan fingerprint density at radius 2 is 1.49 bits per heavy atom. The lowest BCUT2D eigenvalue weighted by Gasteiger charge is -2.22. The van der Waals surface area contributed by atoms with Gasteiger partial charge in [-0.05, 0) is 29.3 Å². The van der Waals surface area contributed by atoms with Crippen molar-refractivity contribution in [3.05, 3.63) is 114 Å². The van der Waals surface area contributed by atoms with Crippen LogP contribution in [-0.2, 0) is 17.0 Å². The number of hydrogen-bond acceptors (Lipinski definition) is 7. The highest BCUT2D eigenvalue weighted by Gasteiger charge is 2.24. The topological polar surface area (TPSA) is 143 Å². The van der Waals surface area contributed by atoms with E-state index in [1.165, 1.54) is 11.8 Å². The monoisotopic (exact) mass is 514 g/mol. The smallest absolute Gasteiger partial charge is 0.326 e. The van der Waals surface area contributed by atoms with Crippen molar-refractivity contribution in [1.29, 1.82) is 0 Å². The van der Waals surface area contributed by atoms with Crippen LogP contribution in [0.4, 0.5) is 10.6 Å². The number of anilines is 1. The van der Waals surface area contributed by atoms with Crippen LogP contribution < -0.4 is 16.4 Å². The molecule has 0 fully saturated rings. The third kappa shape index (κ3) is 7.52. The molecular weight excluding hydrogens is 488 g/mol. The molecule has 4 rings (SSSR count). The van der Waals surface area contributed by atoms with Gasteiger partial charge in [-0.2, -0.15) is 0 Å².